The molecule has 2 aromatic rings. The Morgan fingerprint density at radius 1 is 0.864 bits per heavy atom. The third kappa shape index (κ3) is 3.37. The molecule has 0 saturated heterocycles. The summed E-state index contributed by atoms with van der Waals surface area (Å²) in [7, 11) is 0. The molecule has 0 aliphatic heterocycles. The van der Waals surface area contributed by atoms with Crippen LogP contribution in [0, 0.1) is 0 Å². The van der Waals surface area contributed by atoms with Crippen molar-refractivity contribution in [3.05, 3.63) is 82.4 Å². The van der Waals surface area contributed by atoms with Gasteiger partial charge in [0.25, 0.3) is 0 Å². The monoisotopic (exact) mass is 272 g/mol. The van der Waals surface area contributed by atoms with Gasteiger partial charge in [-0.2, -0.15) is 0 Å². The third-order valence-electron chi connectivity index (χ3n) is 4.51. The summed E-state index contributed by atoms with van der Waals surface area (Å²) in [4.78, 5) is 0. The van der Waals surface area contributed by atoms with Crippen LogP contribution >= 0.6 is 0 Å². The van der Waals surface area contributed by atoms with E-state index in [2.05, 4.69) is 66.8 Å². The Labute approximate surface area is 157 Å². The molecular formula is C20H18Li2. The quantitative estimate of drug-likeness (QED) is 0.724. The van der Waals surface area contributed by atoms with E-state index in [9.17, 15) is 0 Å². The second kappa shape index (κ2) is 7.59. The summed E-state index contributed by atoms with van der Waals surface area (Å²) in [6.45, 7) is 0. The maximum Gasteiger partial charge on any atom is 0.00302 e. The molecule has 100 valence electrons. The predicted molar refractivity (Wildman–Crippen MR) is 97.1 cm³/mol. The van der Waals surface area contributed by atoms with E-state index in [4.69, 9.17) is 0 Å². The zero-order valence-corrected chi connectivity index (χ0v) is 13.5. The number of rotatable bonds is 3. The minimum absolute atomic E-state index is 0. The Balaban J connectivity index is 0.000000882. The first-order chi connectivity index (χ1) is 9.90. The molecule has 2 aliphatic rings. The number of fused-ring (bicyclic) bond motifs is 2. The van der Waals surface area contributed by atoms with Crippen molar-refractivity contribution in [2.45, 2.75) is 25.2 Å². The van der Waals surface area contributed by atoms with Crippen molar-refractivity contribution in [2.75, 3.05) is 0 Å². The Morgan fingerprint density at radius 3 is 2.41 bits per heavy atom. The fourth-order valence-corrected chi connectivity index (χ4v) is 3.43. The standard InChI is InChI=1S/C20H18.2Li/c1-2-7-19-14-15(13-18(19)6-1)9-10-17-12-11-16-5-3-4-8-20(16)17;;/h1-8,11-13,17H,9-10,14H2;;. The molecule has 22 heavy (non-hydrogen) atoms. The van der Waals surface area contributed by atoms with Crippen molar-refractivity contribution in [1.82, 2.24) is 0 Å². The molecule has 2 heteroatoms. The van der Waals surface area contributed by atoms with Gasteiger partial charge in [-0.15, -0.1) is 0 Å². The van der Waals surface area contributed by atoms with E-state index in [-0.39, 0.29) is 37.7 Å². The van der Waals surface area contributed by atoms with Crippen LogP contribution < -0.4 is 0 Å². The molecule has 0 saturated carbocycles. The SMILES string of the molecule is C1=CC(CCC2=Cc3ccccc3C2)c2ccccc21.[Li].[Li]. The molecule has 0 nitrogen and oxygen atoms in total. The number of hydrogen-bond donors (Lipinski definition) is 0. The molecule has 0 heterocycles. The third-order valence-corrected chi connectivity index (χ3v) is 4.51. The van der Waals surface area contributed by atoms with Crippen LogP contribution in [0.5, 0.6) is 0 Å². The molecule has 1 unspecified atom stereocenters. The van der Waals surface area contributed by atoms with Gasteiger partial charge in [-0.25, -0.2) is 0 Å². The van der Waals surface area contributed by atoms with Crippen LogP contribution in [0.2, 0.25) is 0 Å². The van der Waals surface area contributed by atoms with Gasteiger partial charge in [-0.05, 0) is 41.5 Å². The molecule has 2 radical (unpaired) electrons. The van der Waals surface area contributed by atoms with E-state index in [0.717, 1.165) is 6.42 Å². The van der Waals surface area contributed by atoms with Gasteiger partial charge in [0.1, 0.15) is 0 Å². The van der Waals surface area contributed by atoms with Gasteiger partial charge in [-0.3, -0.25) is 0 Å². The summed E-state index contributed by atoms with van der Waals surface area (Å²) < 4.78 is 0. The Bertz CT molecular complexity index is 713. The summed E-state index contributed by atoms with van der Waals surface area (Å²) >= 11 is 0. The normalized spacial score (nSPS) is 17.1. The van der Waals surface area contributed by atoms with E-state index in [1.54, 1.807) is 5.57 Å². The first kappa shape index (κ1) is 17.5. The minimum Gasteiger partial charge on any atom is -0.0764 e. The summed E-state index contributed by atoms with van der Waals surface area (Å²) in [5.41, 5.74) is 7.41. The largest absolute Gasteiger partial charge is 0.0764 e. The van der Waals surface area contributed by atoms with Crippen LogP contribution in [0.25, 0.3) is 12.2 Å². The molecule has 0 amide bonds. The average molecular weight is 272 g/mol. The van der Waals surface area contributed by atoms with Gasteiger partial charge in [-0.1, -0.05) is 72.3 Å². The number of benzene rings is 2. The fourth-order valence-electron chi connectivity index (χ4n) is 3.43. The molecule has 1 atom stereocenters. The maximum absolute atomic E-state index is 2.39. The molecular weight excluding hydrogens is 254 g/mol. The van der Waals surface area contributed by atoms with Crippen molar-refractivity contribution >= 4 is 49.9 Å². The Morgan fingerprint density at radius 2 is 1.59 bits per heavy atom. The fraction of sp³-hybridized carbons (Fsp3) is 0.200. The van der Waals surface area contributed by atoms with Gasteiger partial charge >= 0.3 is 0 Å². The smallest absolute Gasteiger partial charge is 0.00302 e. The molecule has 0 aromatic heterocycles. The van der Waals surface area contributed by atoms with Gasteiger partial charge in [0, 0.05) is 43.6 Å². The van der Waals surface area contributed by atoms with Crippen LogP contribution in [0.3, 0.4) is 0 Å². The van der Waals surface area contributed by atoms with E-state index in [0.29, 0.717) is 5.92 Å². The van der Waals surface area contributed by atoms with E-state index < -0.39 is 0 Å². The van der Waals surface area contributed by atoms with Gasteiger partial charge in [0.2, 0.25) is 0 Å². The topological polar surface area (TPSA) is 0 Å². The van der Waals surface area contributed by atoms with Crippen molar-refractivity contribution in [3.8, 4) is 0 Å². The summed E-state index contributed by atoms with van der Waals surface area (Å²) in [6.07, 6.45) is 10.6. The van der Waals surface area contributed by atoms with Crippen molar-refractivity contribution in [3.63, 3.8) is 0 Å². The van der Waals surface area contributed by atoms with Crippen LogP contribution in [-0.4, -0.2) is 37.7 Å². The Kier molecular flexibility index (Phi) is 6.03. The Hall–Kier alpha value is -0.885. The molecule has 2 aliphatic carbocycles. The first-order valence-electron chi connectivity index (χ1n) is 7.44. The van der Waals surface area contributed by atoms with E-state index in [1.165, 1.54) is 35.1 Å². The number of hydrogen-bond acceptors (Lipinski definition) is 0. The van der Waals surface area contributed by atoms with Crippen LogP contribution in [-0.2, 0) is 6.42 Å². The van der Waals surface area contributed by atoms with Crippen LogP contribution in [0.4, 0.5) is 0 Å². The molecule has 0 N–H and O–H groups in total. The number of allylic oxidation sites excluding steroid dienone is 2. The van der Waals surface area contributed by atoms with Crippen LogP contribution in [0.1, 0.15) is 41.0 Å². The molecule has 4 rings (SSSR count). The molecule has 0 fully saturated rings. The van der Waals surface area contributed by atoms with Crippen molar-refractivity contribution < 1.29 is 0 Å². The zero-order valence-electron chi connectivity index (χ0n) is 13.5. The summed E-state index contributed by atoms with van der Waals surface area (Å²) in [6, 6.07) is 17.5. The first-order valence-corrected chi connectivity index (χ1v) is 7.44. The van der Waals surface area contributed by atoms with Crippen LogP contribution in [0.15, 0.2) is 60.2 Å². The van der Waals surface area contributed by atoms with Crippen molar-refractivity contribution in [2.24, 2.45) is 0 Å². The second-order valence-electron chi connectivity index (χ2n) is 5.81. The molecule has 0 spiro atoms. The average Bonchev–Trinajstić information content (AvgIpc) is 3.08. The predicted octanol–water partition coefficient (Wildman–Crippen LogP) is 4.46. The van der Waals surface area contributed by atoms with Gasteiger partial charge < -0.3 is 0 Å². The summed E-state index contributed by atoms with van der Waals surface area (Å²) in [5.74, 6) is 0.607. The van der Waals surface area contributed by atoms with Crippen molar-refractivity contribution in [1.29, 1.82) is 0 Å². The van der Waals surface area contributed by atoms with Gasteiger partial charge in [0.15, 0.2) is 0 Å². The zero-order chi connectivity index (χ0) is 13.4. The minimum atomic E-state index is 0. The van der Waals surface area contributed by atoms with Gasteiger partial charge in [0.05, 0.1) is 0 Å². The second-order valence-corrected chi connectivity index (χ2v) is 5.81. The molecule has 2 aromatic carbocycles. The molecule has 0 bridgehead atoms. The van der Waals surface area contributed by atoms with E-state index >= 15 is 0 Å². The van der Waals surface area contributed by atoms with E-state index in [1.807, 2.05) is 0 Å². The summed E-state index contributed by atoms with van der Waals surface area (Å²) in [5, 5.41) is 0. The maximum atomic E-state index is 2.39.